The first-order chi connectivity index (χ1) is 11.8. The molecule has 6 nitrogen and oxygen atoms in total. The predicted octanol–water partition coefficient (Wildman–Crippen LogP) is 2.82. The number of benzene rings is 1. The lowest BCUT2D eigenvalue weighted by Crippen LogP contribution is -2.59. The Balaban J connectivity index is 1.64. The molecule has 0 aliphatic carbocycles. The van der Waals surface area contributed by atoms with E-state index < -0.39 is 5.60 Å². The van der Waals surface area contributed by atoms with Gasteiger partial charge < -0.3 is 19.3 Å². The van der Waals surface area contributed by atoms with Crippen LogP contribution < -0.4 is 4.90 Å². The third kappa shape index (κ3) is 4.12. The average Bonchev–Trinajstić information content (AvgIpc) is 2.57. The Bertz CT molecular complexity index is 631. The minimum Gasteiger partial charge on any atom is -0.444 e. The first kappa shape index (κ1) is 17.7. The lowest BCUT2D eigenvalue weighted by Gasteiger charge is -2.46. The number of hydrogen-bond donors (Lipinski definition) is 0. The minimum atomic E-state index is -0.496. The molecule has 2 saturated heterocycles. The Morgan fingerprint density at radius 3 is 2.40 bits per heavy atom. The molecule has 2 aliphatic rings. The van der Waals surface area contributed by atoms with Crippen LogP contribution in [0.15, 0.2) is 30.3 Å². The first-order valence-electron chi connectivity index (χ1n) is 8.75. The van der Waals surface area contributed by atoms with Gasteiger partial charge in [-0.3, -0.25) is 4.79 Å². The van der Waals surface area contributed by atoms with Gasteiger partial charge in [-0.2, -0.15) is 0 Å². The number of ether oxygens (including phenoxy) is 2. The van der Waals surface area contributed by atoms with Crippen molar-refractivity contribution in [2.45, 2.75) is 44.8 Å². The molecule has 136 valence electrons. The lowest BCUT2D eigenvalue weighted by molar-refractivity contribution is -0.144. The van der Waals surface area contributed by atoms with Crippen LogP contribution in [0, 0.1) is 0 Å². The van der Waals surface area contributed by atoms with Gasteiger partial charge in [0.25, 0.3) is 5.91 Å². The number of nitrogens with zero attached hydrogens (tertiary/aromatic N) is 2. The summed E-state index contributed by atoms with van der Waals surface area (Å²) in [5, 5.41) is 0. The molecule has 0 radical (unpaired) electrons. The van der Waals surface area contributed by atoms with Crippen molar-refractivity contribution in [2.75, 3.05) is 31.1 Å². The molecule has 0 saturated carbocycles. The van der Waals surface area contributed by atoms with Crippen molar-refractivity contribution in [2.24, 2.45) is 0 Å². The van der Waals surface area contributed by atoms with Gasteiger partial charge in [-0.25, -0.2) is 4.79 Å². The maximum Gasteiger partial charge on any atom is 0.410 e. The van der Waals surface area contributed by atoms with E-state index in [-0.39, 0.29) is 24.2 Å². The van der Waals surface area contributed by atoms with E-state index in [0.29, 0.717) is 32.5 Å². The fourth-order valence-corrected chi connectivity index (χ4v) is 3.28. The molecule has 2 aliphatic heterocycles. The van der Waals surface area contributed by atoms with Crippen LogP contribution in [-0.4, -0.2) is 54.3 Å². The van der Waals surface area contributed by atoms with Gasteiger partial charge in [0.05, 0.1) is 12.1 Å². The molecule has 0 N–H and O–H groups in total. The quantitative estimate of drug-likeness (QED) is 0.784. The average molecular weight is 346 g/mol. The Morgan fingerprint density at radius 2 is 1.80 bits per heavy atom. The number of para-hydroxylation sites is 1. The van der Waals surface area contributed by atoms with E-state index in [2.05, 4.69) is 0 Å². The van der Waals surface area contributed by atoms with Gasteiger partial charge in [-0.1, -0.05) is 18.2 Å². The molecule has 25 heavy (non-hydrogen) atoms. The van der Waals surface area contributed by atoms with Crippen LogP contribution in [0.4, 0.5) is 10.5 Å². The summed E-state index contributed by atoms with van der Waals surface area (Å²) in [4.78, 5) is 28.0. The van der Waals surface area contributed by atoms with E-state index in [0.717, 1.165) is 5.69 Å². The van der Waals surface area contributed by atoms with Crippen molar-refractivity contribution in [1.29, 1.82) is 0 Å². The zero-order valence-electron chi connectivity index (χ0n) is 15.2. The number of piperidine rings is 1. The number of carbonyl (C=O) groups is 2. The third-order valence-corrected chi connectivity index (χ3v) is 4.64. The summed E-state index contributed by atoms with van der Waals surface area (Å²) in [5.74, 6) is -0.0219. The zero-order valence-corrected chi connectivity index (χ0v) is 15.2. The molecular weight excluding hydrogens is 320 g/mol. The number of hydrogen-bond acceptors (Lipinski definition) is 4. The monoisotopic (exact) mass is 346 g/mol. The van der Waals surface area contributed by atoms with Crippen LogP contribution in [0.1, 0.15) is 33.6 Å². The zero-order chi connectivity index (χ0) is 18.1. The molecule has 1 aromatic carbocycles. The molecule has 3 rings (SSSR count). The van der Waals surface area contributed by atoms with Crippen molar-refractivity contribution in [1.82, 2.24) is 4.90 Å². The van der Waals surface area contributed by atoms with Gasteiger partial charge in [0.1, 0.15) is 12.2 Å². The Kier molecular flexibility index (Phi) is 4.73. The lowest BCUT2D eigenvalue weighted by atomic mass is 9.89. The molecule has 0 bridgehead atoms. The van der Waals surface area contributed by atoms with E-state index >= 15 is 0 Å². The number of morpholine rings is 1. The number of amides is 2. The van der Waals surface area contributed by atoms with Crippen molar-refractivity contribution in [3.05, 3.63) is 30.3 Å². The van der Waals surface area contributed by atoms with Crippen molar-refractivity contribution in [3.63, 3.8) is 0 Å². The highest BCUT2D eigenvalue weighted by Crippen LogP contribution is 2.33. The summed E-state index contributed by atoms with van der Waals surface area (Å²) in [5.41, 5.74) is 0.0107. The maximum absolute atomic E-state index is 12.3. The number of carbonyl (C=O) groups excluding carboxylic acids is 2. The summed E-state index contributed by atoms with van der Waals surface area (Å²) in [7, 11) is 0. The first-order valence-corrected chi connectivity index (χ1v) is 8.75. The largest absolute Gasteiger partial charge is 0.444 e. The summed E-state index contributed by atoms with van der Waals surface area (Å²) in [6.07, 6.45) is 1.11. The van der Waals surface area contributed by atoms with Crippen LogP contribution in [0.2, 0.25) is 0 Å². The van der Waals surface area contributed by atoms with Gasteiger partial charge in [-0.05, 0) is 45.7 Å². The normalized spacial score (nSPS) is 20.7. The number of likely N-dealkylation sites (tertiary alicyclic amines) is 1. The summed E-state index contributed by atoms with van der Waals surface area (Å²) < 4.78 is 11.4. The third-order valence-electron chi connectivity index (χ3n) is 4.64. The standard InChI is InChI=1S/C19H26N2O4/c1-18(2,3)25-17(23)20-11-9-19(10-12-20)14-21(16(22)13-24-19)15-7-5-4-6-8-15/h4-8H,9-14H2,1-3H3. The molecule has 2 heterocycles. The molecule has 0 atom stereocenters. The van der Waals surface area contributed by atoms with Crippen LogP contribution >= 0.6 is 0 Å². The highest BCUT2D eigenvalue weighted by atomic mass is 16.6. The second kappa shape index (κ2) is 6.67. The molecule has 2 amide bonds. The molecule has 6 heteroatoms. The molecule has 0 aromatic heterocycles. The van der Waals surface area contributed by atoms with E-state index in [1.807, 2.05) is 51.1 Å². The second-order valence-corrected chi connectivity index (χ2v) is 7.75. The van der Waals surface area contributed by atoms with Crippen LogP contribution in [0.25, 0.3) is 0 Å². The Morgan fingerprint density at radius 1 is 1.16 bits per heavy atom. The molecule has 1 spiro atoms. The number of anilines is 1. The van der Waals surface area contributed by atoms with Crippen LogP contribution in [0.5, 0.6) is 0 Å². The molecular formula is C19H26N2O4. The second-order valence-electron chi connectivity index (χ2n) is 7.75. The van der Waals surface area contributed by atoms with Gasteiger partial charge >= 0.3 is 6.09 Å². The fraction of sp³-hybridized carbons (Fsp3) is 0.579. The predicted molar refractivity (Wildman–Crippen MR) is 94.5 cm³/mol. The summed E-state index contributed by atoms with van der Waals surface area (Å²) in [6, 6.07) is 9.66. The topological polar surface area (TPSA) is 59.1 Å². The smallest absolute Gasteiger partial charge is 0.410 e. The SMILES string of the molecule is CC(C)(C)OC(=O)N1CCC2(CC1)CN(c1ccccc1)C(=O)CO2. The van der Waals surface area contributed by atoms with Gasteiger partial charge in [0.2, 0.25) is 0 Å². The highest BCUT2D eigenvalue weighted by Gasteiger charge is 2.43. The summed E-state index contributed by atoms with van der Waals surface area (Å²) in [6.45, 7) is 7.36. The van der Waals surface area contributed by atoms with E-state index in [1.165, 1.54) is 0 Å². The van der Waals surface area contributed by atoms with Crippen molar-refractivity contribution in [3.8, 4) is 0 Å². The Hall–Kier alpha value is -2.08. The molecule has 0 unspecified atom stereocenters. The van der Waals surface area contributed by atoms with Gasteiger partial charge in [-0.15, -0.1) is 0 Å². The van der Waals surface area contributed by atoms with Crippen molar-refractivity contribution >= 4 is 17.7 Å². The molecule has 2 fully saturated rings. The van der Waals surface area contributed by atoms with Crippen molar-refractivity contribution < 1.29 is 19.1 Å². The Labute approximate surface area is 148 Å². The van der Waals surface area contributed by atoms with E-state index in [1.54, 1.807) is 9.80 Å². The van der Waals surface area contributed by atoms with Gasteiger partial charge in [0.15, 0.2) is 0 Å². The fourth-order valence-electron chi connectivity index (χ4n) is 3.28. The van der Waals surface area contributed by atoms with Crippen LogP contribution in [0.3, 0.4) is 0 Å². The van der Waals surface area contributed by atoms with Crippen LogP contribution in [-0.2, 0) is 14.3 Å². The molecule has 1 aromatic rings. The number of rotatable bonds is 1. The van der Waals surface area contributed by atoms with E-state index in [9.17, 15) is 9.59 Å². The van der Waals surface area contributed by atoms with E-state index in [4.69, 9.17) is 9.47 Å². The maximum atomic E-state index is 12.3. The summed E-state index contributed by atoms with van der Waals surface area (Å²) >= 11 is 0. The van der Waals surface area contributed by atoms with Gasteiger partial charge in [0, 0.05) is 18.8 Å². The minimum absolute atomic E-state index is 0.0219. The highest BCUT2D eigenvalue weighted by molar-refractivity contribution is 5.95.